The quantitative estimate of drug-likeness (QED) is 0.741. The third kappa shape index (κ3) is 3.03. The van der Waals surface area contributed by atoms with E-state index in [0.29, 0.717) is 24.0 Å². The number of benzene rings is 1. The Hall–Kier alpha value is -2.66. The third-order valence-electron chi connectivity index (χ3n) is 4.52. The van der Waals surface area contributed by atoms with E-state index in [9.17, 15) is 4.79 Å². The number of hydrogen-bond acceptors (Lipinski definition) is 4. The molecule has 0 amide bonds. The first-order valence-electron chi connectivity index (χ1n) is 8.19. The molecular weight excluding hydrogens is 302 g/mol. The normalized spacial score (nSPS) is 18.1. The second-order valence-electron chi connectivity index (χ2n) is 6.15. The molecular formula is C19H19N3O2. The first-order chi connectivity index (χ1) is 11.8. The van der Waals surface area contributed by atoms with Gasteiger partial charge in [-0.1, -0.05) is 30.3 Å². The highest BCUT2D eigenvalue weighted by Crippen LogP contribution is 2.27. The van der Waals surface area contributed by atoms with E-state index in [4.69, 9.17) is 4.42 Å². The first-order valence-corrected chi connectivity index (χ1v) is 8.19. The summed E-state index contributed by atoms with van der Waals surface area (Å²) in [5.41, 5.74) is 1.96. The maximum absolute atomic E-state index is 12.1. The van der Waals surface area contributed by atoms with Crippen molar-refractivity contribution >= 4 is 0 Å². The summed E-state index contributed by atoms with van der Waals surface area (Å²) in [6, 6.07) is 17.5. The minimum atomic E-state index is -0.0894. The highest BCUT2D eigenvalue weighted by atomic mass is 16.3. The lowest BCUT2D eigenvalue weighted by molar-refractivity contribution is 0.246. The zero-order valence-electron chi connectivity index (χ0n) is 13.3. The maximum atomic E-state index is 12.1. The summed E-state index contributed by atoms with van der Waals surface area (Å²) in [4.78, 5) is 14.4. The lowest BCUT2D eigenvalue weighted by Gasteiger charge is -2.17. The molecule has 0 saturated carbocycles. The Kier molecular flexibility index (Phi) is 4.01. The van der Waals surface area contributed by atoms with E-state index in [-0.39, 0.29) is 5.56 Å². The molecule has 1 aromatic carbocycles. The lowest BCUT2D eigenvalue weighted by atomic mass is 9.99. The van der Waals surface area contributed by atoms with Crippen LogP contribution in [-0.2, 0) is 6.67 Å². The molecule has 4 rings (SSSR count). The highest BCUT2D eigenvalue weighted by Gasteiger charge is 2.24. The van der Waals surface area contributed by atoms with E-state index in [0.717, 1.165) is 19.5 Å². The van der Waals surface area contributed by atoms with Gasteiger partial charge in [0.2, 0.25) is 0 Å². The van der Waals surface area contributed by atoms with Crippen molar-refractivity contribution in [1.29, 1.82) is 0 Å². The van der Waals surface area contributed by atoms with E-state index < -0.39 is 0 Å². The fourth-order valence-electron chi connectivity index (χ4n) is 3.25. The molecule has 5 nitrogen and oxygen atoms in total. The summed E-state index contributed by atoms with van der Waals surface area (Å²) in [7, 11) is 0. The fourth-order valence-corrected chi connectivity index (χ4v) is 3.25. The van der Waals surface area contributed by atoms with Gasteiger partial charge in [-0.05, 0) is 36.1 Å². The molecule has 1 saturated heterocycles. The number of nitrogens with zero attached hydrogens (tertiary/aromatic N) is 3. The number of furan rings is 1. The Morgan fingerprint density at radius 2 is 1.96 bits per heavy atom. The molecule has 2 aromatic heterocycles. The van der Waals surface area contributed by atoms with E-state index in [1.165, 1.54) is 10.2 Å². The molecule has 0 N–H and O–H groups in total. The van der Waals surface area contributed by atoms with Gasteiger partial charge in [-0.25, -0.2) is 4.68 Å². The van der Waals surface area contributed by atoms with Crippen LogP contribution in [0.25, 0.3) is 11.5 Å². The highest BCUT2D eigenvalue weighted by molar-refractivity contribution is 5.50. The third-order valence-corrected chi connectivity index (χ3v) is 4.52. The molecule has 24 heavy (non-hydrogen) atoms. The van der Waals surface area contributed by atoms with Crippen LogP contribution in [-0.4, -0.2) is 27.8 Å². The molecule has 1 aliphatic heterocycles. The summed E-state index contributed by atoms with van der Waals surface area (Å²) in [5.74, 6) is 1.20. The monoisotopic (exact) mass is 321 g/mol. The van der Waals surface area contributed by atoms with Crippen molar-refractivity contribution < 1.29 is 4.42 Å². The molecule has 0 bridgehead atoms. The number of hydrogen-bond donors (Lipinski definition) is 0. The summed E-state index contributed by atoms with van der Waals surface area (Å²) >= 11 is 0. The summed E-state index contributed by atoms with van der Waals surface area (Å²) in [6.07, 6.45) is 2.72. The number of likely N-dealkylation sites (tertiary alicyclic amines) is 1. The topological polar surface area (TPSA) is 51.3 Å². The van der Waals surface area contributed by atoms with Crippen molar-refractivity contribution in [2.45, 2.75) is 19.0 Å². The van der Waals surface area contributed by atoms with Crippen LogP contribution < -0.4 is 5.56 Å². The van der Waals surface area contributed by atoms with E-state index in [2.05, 4.69) is 34.3 Å². The van der Waals surface area contributed by atoms with Crippen LogP contribution in [0.5, 0.6) is 0 Å². The Morgan fingerprint density at radius 1 is 1.08 bits per heavy atom. The van der Waals surface area contributed by atoms with Crippen LogP contribution >= 0.6 is 0 Å². The van der Waals surface area contributed by atoms with Crippen LogP contribution in [0.4, 0.5) is 0 Å². The standard InChI is InChI=1S/C19H19N3O2/c23-19-9-8-17(18-7-4-12-24-18)20-22(19)14-21-11-10-16(13-21)15-5-2-1-3-6-15/h1-9,12,16H,10-11,13-14H2/t16-/m1/s1. The van der Waals surface area contributed by atoms with Gasteiger partial charge >= 0.3 is 0 Å². The second-order valence-corrected chi connectivity index (χ2v) is 6.15. The number of aromatic nitrogens is 2. The summed E-state index contributed by atoms with van der Waals surface area (Å²) < 4.78 is 6.89. The van der Waals surface area contributed by atoms with E-state index in [1.807, 2.05) is 18.2 Å². The average Bonchev–Trinajstić information content (AvgIpc) is 3.29. The number of rotatable bonds is 4. The molecule has 1 atom stereocenters. The van der Waals surface area contributed by atoms with E-state index in [1.54, 1.807) is 18.4 Å². The van der Waals surface area contributed by atoms with Crippen LogP contribution in [0.2, 0.25) is 0 Å². The van der Waals surface area contributed by atoms with Crippen molar-refractivity contribution in [2.75, 3.05) is 13.1 Å². The Balaban J connectivity index is 1.50. The minimum Gasteiger partial charge on any atom is -0.463 e. The molecule has 5 heteroatoms. The Bertz CT molecular complexity index is 856. The minimum absolute atomic E-state index is 0.0894. The molecule has 0 unspecified atom stereocenters. The molecule has 1 aliphatic rings. The van der Waals surface area contributed by atoms with Crippen molar-refractivity contribution in [3.05, 3.63) is 76.8 Å². The van der Waals surface area contributed by atoms with Gasteiger partial charge in [-0.15, -0.1) is 0 Å². The van der Waals surface area contributed by atoms with Gasteiger partial charge in [0, 0.05) is 19.2 Å². The van der Waals surface area contributed by atoms with Crippen molar-refractivity contribution in [3.8, 4) is 11.5 Å². The van der Waals surface area contributed by atoms with Gasteiger partial charge in [0.15, 0.2) is 5.76 Å². The van der Waals surface area contributed by atoms with Gasteiger partial charge in [0.25, 0.3) is 5.56 Å². The van der Waals surface area contributed by atoms with Crippen LogP contribution in [0, 0.1) is 0 Å². The predicted octanol–water partition coefficient (Wildman–Crippen LogP) is 2.95. The van der Waals surface area contributed by atoms with Gasteiger partial charge in [-0.3, -0.25) is 9.69 Å². The average molecular weight is 321 g/mol. The molecule has 122 valence electrons. The largest absolute Gasteiger partial charge is 0.463 e. The molecule has 3 heterocycles. The van der Waals surface area contributed by atoms with Gasteiger partial charge in [0.1, 0.15) is 5.69 Å². The van der Waals surface area contributed by atoms with Crippen LogP contribution in [0.1, 0.15) is 17.9 Å². The fraction of sp³-hybridized carbons (Fsp3) is 0.263. The van der Waals surface area contributed by atoms with Crippen molar-refractivity contribution in [1.82, 2.24) is 14.7 Å². The Morgan fingerprint density at radius 3 is 2.75 bits per heavy atom. The van der Waals surface area contributed by atoms with Gasteiger partial charge in [0.05, 0.1) is 12.9 Å². The van der Waals surface area contributed by atoms with Crippen LogP contribution in [0.15, 0.2) is 70.1 Å². The summed E-state index contributed by atoms with van der Waals surface area (Å²) in [5, 5.41) is 4.44. The smallest absolute Gasteiger partial charge is 0.268 e. The first kappa shape index (κ1) is 14.9. The zero-order chi connectivity index (χ0) is 16.4. The van der Waals surface area contributed by atoms with Crippen molar-refractivity contribution in [2.24, 2.45) is 0 Å². The SMILES string of the molecule is O=c1ccc(-c2ccco2)nn1CN1CC[C@@H](c2ccccc2)C1. The van der Waals surface area contributed by atoms with Gasteiger partial charge in [-0.2, -0.15) is 5.10 Å². The molecule has 1 fully saturated rings. The summed E-state index contributed by atoms with van der Waals surface area (Å²) in [6.45, 7) is 2.43. The Labute approximate surface area is 140 Å². The predicted molar refractivity (Wildman–Crippen MR) is 91.6 cm³/mol. The molecule has 0 aliphatic carbocycles. The molecule has 0 radical (unpaired) electrons. The van der Waals surface area contributed by atoms with Crippen molar-refractivity contribution in [3.63, 3.8) is 0 Å². The lowest BCUT2D eigenvalue weighted by Crippen LogP contribution is -2.32. The van der Waals surface area contributed by atoms with Crippen LogP contribution in [0.3, 0.4) is 0 Å². The molecule has 0 spiro atoms. The molecule has 3 aromatic rings. The second kappa shape index (κ2) is 6.45. The van der Waals surface area contributed by atoms with Gasteiger partial charge < -0.3 is 4.42 Å². The van der Waals surface area contributed by atoms with E-state index >= 15 is 0 Å². The maximum Gasteiger partial charge on any atom is 0.268 e. The zero-order valence-corrected chi connectivity index (χ0v) is 13.3.